The largest absolute Gasteiger partial charge is 0.465 e. The molecule has 0 saturated carbocycles. The first-order valence-electron chi connectivity index (χ1n) is 5.89. The Labute approximate surface area is 112 Å². The lowest BCUT2D eigenvalue weighted by molar-refractivity contribution is 0.0601. The number of benzene rings is 2. The van der Waals surface area contributed by atoms with E-state index in [2.05, 4.69) is 0 Å². The van der Waals surface area contributed by atoms with Crippen LogP contribution in [0.1, 0.15) is 10.4 Å². The minimum atomic E-state index is -0.340. The normalized spacial score (nSPS) is 10.0. The molecular weight excluding hydrogens is 240 g/mol. The highest BCUT2D eigenvalue weighted by atomic mass is 16.5. The van der Waals surface area contributed by atoms with E-state index in [1.165, 1.54) is 7.11 Å². The summed E-state index contributed by atoms with van der Waals surface area (Å²) in [6, 6.07) is 14.8. The summed E-state index contributed by atoms with van der Waals surface area (Å²) >= 11 is 0. The molecule has 0 aromatic heterocycles. The molecule has 0 bridgehead atoms. The fourth-order valence-electron chi connectivity index (χ4n) is 1.81. The number of carbonyl (C=O) groups excluding carboxylic acids is 1. The van der Waals surface area contributed by atoms with Gasteiger partial charge in [-0.25, -0.2) is 4.79 Å². The van der Waals surface area contributed by atoms with Crippen LogP contribution in [-0.4, -0.2) is 20.1 Å². The number of hydrogen-bond acceptors (Lipinski definition) is 4. The van der Waals surface area contributed by atoms with Crippen molar-refractivity contribution in [3.8, 4) is 0 Å². The zero-order valence-electron chi connectivity index (χ0n) is 11.0. The van der Waals surface area contributed by atoms with Crippen molar-refractivity contribution >= 4 is 23.0 Å². The maximum absolute atomic E-state index is 11.5. The summed E-state index contributed by atoms with van der Waals surface area (Å²) < 4.78 is 4.72. The Hall–Kier alpha value is -2.49. The molecule has 0 aliphatic carbocycles. The Balaban J connectivity index is 2.31. The second kappa shape index (κ2) is 5.44. The highest BCUT2D eigenvalue weighted by Crippen LogP contribution is 2.25. The lowest BCUT2D eigenvalue weighted by Gasteiger charge is -2.20. The number of anilines is 3. The number of hydrogen-bond donors (Lipinski definition) is 1. The molecule has 0 unspecified atom stereocenters. The van der Waals surface area contributed by atoms with Gasteiger partial charge in [0.25, 0.3) is 0 Å². The molecule has 0 spiro atoms. The summed E-state index contributed by atoms with van der Waals surface area (Å²) in [6.07, 6.45) is 0. The summed E-state index contributed by atoms with van der Waals surface area (Å²) in [5.41, 5.74) is 8.83. The van der Waals surface area contributed by atoms with Gasteiger partial charge in [-0.1, -0.05) is 6.07 Å². The molecule has 4 nitrogen and oxygen atoms in total. The maximum atomic E-state index is 11.5. The van der Waals surface area contributed by atoms with Crippen LogP contribution in [0.2, 0.25) is 0 Å². The molecule has 19 heavy (non-hydrogen) atoms. The van der Waals surface area contributed by atoms with E-state index in [-0.39, 0.29) is 5.97 Å². The topological polar surface area (TPSA) is 55.6 Å². The average Bonchev–Trinajstić information content (AvgIpc) is 2.46. The Kier molecular flexibility index (Phi) is 3.71. The minimum absolute atomic E-state index is 0.340. The Morgan fingerprint density at radius 3 is 2.42 bits per heavy atom. The third kappa shape index (κ3) is 2.85. The summed E-state index contributed by atoms with van der Waals surface area (Å²) in [5, 5.41) is 0. The summed E-state index contributed by atoms with van der Waals surface area (Å²) in [4.78, 5) is 13.5. The maximum Gasteiger partial charge on any atom is 0.337 e. The van der Waals surface area contributed by atoms with Gasteiger partial charge in [-0.05, 0) is 42.5 Å². The van der Waals surface area contributed by atoms with Gasteiger partial charge in [-0.2, -0.15) is 0 Å². The van der Waals surface area contributed by atoms with Gasteiger partial charge in [-0.3, -0.25) is 0 Å². The van der Waals surface area contributed by atoms with Gasteiger partial charge in [0.15, 0.2) is 0 Å². The molecule has 0 fully saturated rings. The van der Waals surface area contributed by atoms with Crippen molar-refractivity contribution in [1.82, 2.24) is 0 Å². The van der Waals surface area contributed by atoms with Crippen LogP contribution in [0, 0.1) is 0 Å². The molecule has 0 amide bonds. The predicted octanol–water partition coefficient (Wildman–Crippen LogP) is 2.82. The van der Waals surface area contributed by atoms with Gasteiger partial charge in [0, 0.05) is 24.1 Å². The number of rotatable bonds is 3. The number of nitrogens with two attached hydrogens (primary N) is 1. The van der Waals surface area contributed by atoms with Crippen molar-refractivity contribution in [2.24, 2.45) is 0 Å². The Morgan fingerprint density at radius 2 is 1.79 bits per heavy atom. The fourth-order valence-corrected chi connectivity index (χ4v) is 1.81. The zero-order valence-corrected chi connectivity index (χ0v) is 11.0. The highest BCUT2D eigenvalue weighted by molar-refractivity contribution is 5.90. The van der Waals surface area contributed by atoms with Gasteiger partial charge in [0.2, 0.25) is 0 Å². The van der Waals surface area contributed by atoms with Crippen LogP contribution < -0.4 is 10.6 Å². The van der Waals surface area contributed by atoms with Gasteiger partial charge < -0.3 is 15.4 Å². The van der Waals surface area contributed by atoms with E-state index in [4.69, 9.17) is 10.5 Å². The van der Waals surface area contributed by atoms with E-state index in [1.807, 2.05) is 48.3 Å². The predicted molar refractivity (Wildman–Crippen MR) is 76.7 cm³/mol. The zero-order chi connectivity index (χ0) is 13.8. The summed E-state index contributed by atoms with van der Waals surface area (Å²) in [5.74, 6) is -0.340. The van der Waals surface area contributed by atoms with Gasteiger partial charge >= 0.3 is 5.97 Å². The molecule has 0 atom stereocenters. The van der Waals surface area contributed by atoms with E-state index in [1.54, 1.807) is 12.1 Å². The molecule has 4 heteroatoms. The van der Waals surface area contributed by atoms with Crippen molar-refractivity contribution in [2.45, 2.75) is 0 Å². The molecular formula is C15H16N2O2. The van der Waals surface area contributed by atoms with Crippen molar-refractivity contribution < 1.29 is 9.53 Å². The first kappa shape index (κ1) is 13.0. The first-order valence-corrected chi connectivity index (χ1v) is 5.89. The van der Waals surface area contributed by atoms with Crippen molar-refractivity contribution in [3.05, 3.63) is 54.1 Å². The van der Waals surface area contributed by atoms with Crippen LogP contribution in [0.4, 0.5) is 17.1 Å². The molecule has 0 aliphatic rings. The molecule has 2 rings (SSSR count). The minimum Gasteiger partial charge on any atom is -0.465 e. The third-order valence-electron chi connectivity index (χ3n) is 2.93. The highest BCUT2D eigenvalue weighted by Gasteiger charge is 2.09. The van der Waals surface area contributed by atoms with Crippen LogP contribution in [0.25, 0.3) is 0 Å². The van der Waals surface area contributed by atoms with E-state index in [0.29, 0.717) is 5.56 Å². The van der Waals surface area contributed by atoms with Gasteiger partial charge in [0.05, 0.1) is 12.7 Å². The molecule has 0 aliphatic heterocycles. The quantitative estimate of drug-likeness (QED) is 0.677. The number of carbonyl (C=O) groups is 1. The SMILES string of the molecule is COC(=O)c1cccc(N(C)c2ccc(N)cc2)c1. The van der Waals surface area contributed by atoms with E-state index in [9.17, 15) is 4.79 Å². The fraction of sp³-hybridized carbons (Fsp3) is 0.133. The number of nitrogen functional groups attached to an aromatic ring is 1. The van der Waals surface area contributed by atoms with Crippen molar-refractivity contribution in [2.75, 3.05) is 24.8 Å². The summed E-state index contributed by atoms with van der Waals surface area (Å²) in [6.45, 7) is 0. The lowest BCUT2D eigenvalue weighted by Crippen LogP contribution is -2.10. The molecule has 98 valence electrons. The summed E-state index contributed by atoms with van der Waals surface area (Å²) in [7, 11) is 3.31. The standard InChI is InChI=1S/C15H16N2O2/c1-17(13-8-6-12(16)7-9-13)14-5-3-4-11(10-14)15(18)19-2/h3-10H,16H2,1-2H3. The molecule has 0 heterocycles. The Bertz CT molecular complexity index is 579. The van der Waals surface area contributed by atoms with Crippen LogP contribution in [0.15, 0.2) is 48.5 Å². The molecule has 2 N–H and O–H groups in total. The van der Waals surface area contributed by atoms with Gasteiger partial charge in [0.1, 0.15) is 0 Å². The Morgan fingerprint density at radius 1 is 1.11 bits per heavy atom. The number of ether oxygens (including phenoxy) is 1. The van der Waals surface area contributed by atoms with E-state index < -0.39 is 0 Å². The van der Waals surface area contributed by atoms with E-state index >= 15 is 0 Å². The molecule has 0 radical (unpaired) electrons. The van der Waals surface area contributed by atoms with Crippen LogP contribution in [0.5, 0.6) is 0 Å². The second-order valence-electron chi connectivity index (χ2n) is 4.19. The number of methoxy groups -OCH3 is 1. The molecule has 0 saturated heterocycles. The third-order valence-corrected chi connectivity index (χ3v) is 2.93. The van der Waals surface area contributed by atoms with Crippen LogP contribution in [0.3, 0.4) is 0 Å². The van der Waals surface area contributed by atoms with Crippen LogP contribution >= 0.6 is 0 Å². The average molecular weight is 256 g/mol. The molecule has 2 aromatic carbocycles. The van der Waals surface area contributed by atoms with Crippen molar-refractivity contribution in [3.63, 3.8) is 0 Å². The second-order valence-corrected chi connectivity index (χ2v) is 4.19. The van der Waals surface area contributed by atoms with E-state index in [0.717, 1.165) is 17.1 Å². The number of nitrogens with zero attached hydrogens (tertiary/aromatic N) is 1. The smallest absolute Gasteiger partial charge is 0.337 e. The van der Waals surface area contributed by atoms with Crippen molar-refractivity contribution in [1.29, 1.82) is 0 Å². The van der Waals surface area contributed by atoms with Gasteiger partial charge in [-0.15, -0.1) is 0 Å². The number of esters is 1. The monoisotopic (exact) mass is 256 g/mol. The first-order chi connectivity index (χ1) is 9.11. The lowest BCUT2D eigenvalue weighted by atomic mass is 10.1. The molecule has 2 aromatic rings. The van der Waals surface area contributed by atoms with Crippen LogP contribution in [-0.2, 0) is 4.74 Å².